The Kier molecular flexibility index (Phi) is 4.12. The van der Waals surface area contributed by atoms with Gasteiger partial charge in [-0.2, -0.15) is 16.1 Å². The van der Waals surface area contributed by atoms with Gasteiger partial charge in [0.1, 0.15) is 11.9 Å². The van der Waals surface area contributed by atoms with Crippen LogP contribution in [-0.2, 0) is 14.8 Å². The summed E-state index contributed by atoms with van der Waals surface area (Å²) in [6.45, 7) is 0.112. The number of sulfonamides is 1. The highest BCUT2D eigenvalue weighted by atomic mass is 32.2. The minimum atomic E-state index is -3.98. The van der Waals surface area contributed by atoms with Crippen LogP contribution in [0.25, 0.3) is 0 Å². The van der Waals surface area contributed by atoms with Crippen molar-refractivity contribution in [3.05, 3.63) is 30.1 Å². The summed E-state index contributed by atoms with van der Waals surface area (Å²) in [6.07, 6.45) is 0. The lowest BCUT2D eigenvalue weighted by Crippen LogP contribution is -2.50. The average Bonchev–Trinajstić information content (AvgIpc) is 2.38. The summed E-state index contributed by atoms with van der Waals surface area (Å²) in [4.78, 5) is 10.9. The van der Waals surface area contributed by atoms with Gasteiger partial charge in [0.05, 0.1) is 4.90 Å². The maximum atomic E-state index is 13.1. The zero-order valence-corrected chi connectivity index (χ0v) is 11.5. The highest BCUT2D eigenvalue weighted by molar-refractivity contribution is 7.99. The summed E-state index contributed by atoms with van der Waals surface area (Å²) in [6, 6.07) is 3.48. The van der Waals surface area contributed by atoms with Crippen LogP contribution in [0.2, 0.25) is 0 Å². The van der Waals surface area contributed by atoms with Crippen LogP contribution in [0.5, 0.6) is 0 Å². The summed E-state index contributed by atoms with van der Waals surface area (Å²) in [5, 5.41) is 9.08. The van der Waals surface area contributed by atoms with Gasteiger partial charge in [-0.15, -0.1) is 0 Å². The summed E-state index contributed by atoms with van der Waals surface area (Å²) >= 11 is 1.39. The molecule has 1 aromatic carbocycles. The van der Waals surface area contributed by atoms with E-state index in [0.717, 1.165) is 16.4 Å². The van der Waals surface area contributed by atoms with Crippen LogP contribution in [0, 0.1) is 5.82 Å². The first-order valence-electron chi connectivity index (χ1n) is 5.51. The van der Waals surface area contributed by atoms with E-state index in [4.69, 9.17) is 5.11 Å². The second-order valence-corrected chi connectivity index (χ2v) is 7.04. The molecule has 0 aliphatic carbocycles. The zero-order chi connectivity index (χ0) is 14.0. The topological polar surface area (TPSA) is 74.7 Å². The molecule has 0 amide bonds. The molecule has 104 valence electrons. The molecular weight excluding hydrogens is 293 g/mol. The predicted molar refractivity (Wildman–Crippen MR) is 69.0 cm³/mol. The lowest BCUT2D eigenvalue weighted by atomic mass is 10.3. The Labute approximate surface area is 114 Å². The number of carbonyl (C=O) groups is 1. The Morgan fingerprint density at radius 3 is 2.84 bits per heavy atom. The summed E-state index contributed by atoms with van der Waals surface area (Å²) in [5.41, 5.74) is 0. The van der Waals surface area contributed by atoms with E-state index in [1.807, 2.05) is 0 Å². The molecule has 0 spiro atoms. The van der Waals surface area contributed by atoms with Crippen molar-refractivity contribution in [2.75, 3.05) is 18.1 Å². The fourth-order valence-electron chi connectivity index (χ4n) is 1.83. The van der Waals surface area contributed by atoms with E-state index in [1.165, 1.54) is 23.9 Å². The molecule has 2 rings (SSSR count). The Morgan fingerprint density at radius 1 is 1.47 bits per heavy atom. The Bertz CT molecular complexity index is 590. The third-order valence-corrected chi connectivity index (χ3v) is 5.69. The molecule has 1 aromatic rings. The van der Waals surface area contributed by atoms with Crippen molar-refractivity contribution >= 4 is 27.8 Å². The van der Waals surface area contributed by atoms with E-state index in [0.29, 0.717) is 5.75 Å². The molecule has 0 radical (unpaired) electrons. The molecule has 1 aliphatic rings. The maximum absolute atomic E-state index is 13.1. The normalized spacial score (nSPS) is 21.2. The number of thioether (sulfide) groups is 1. The van der Waals surface area contributed by atoms with Crippen molar-refractivity contribution in [3.8, 4) is 0 Å². The van der Waals surface area contributed by atoms with Gasteiger partial charge in [-0.05, 0) is 18.2 Å². The molecule has 1 saturated heterocycles. The number of hydrogen-bond donors (Lipinski definition) is 1. The van der Waals surface area contributed by atoms with Crippen molar-refractivity contribution in [3.63, 3.8) is 0 Å². The lowest BCUT2D eigenvalue weighted by molar-refractivity contribution is -0.140. The Balaban J connectivity index is 2.40. The van der Waals surface area contributed by atoms with E-state index in [9.17, 15) is 17.6 Å². The van der Waals surface area contributed by atoms with Gasteiger partial charge >= 0.3 is 5.97 Å². The smallest absolute Gasteiger partial charge is 0.322 e. The van der Waals surface area contributed by atoms with Gasteiger partial charge in [-0.3, -0.25) is 4.79 Å². The van der Waals surface area contributed by atoms with Gasteiger partial charge in [0.2, 0.25) is 10.0 Å². The number of benzene rings is 1. The standard InChI is InChI=1S/C11H12FNO4S2/c12-8-2-1-3-9(6-8)19(16,17)13-4-5-18-7-10(13)11(14)15/h1-3,6,10H,4-5,7H2,(H,14,15). The number of halogens is 1. The fraction of sp³-hybridized carbons (Fsp3) is 0.364. The highest BCUT2D eigenvalue weighted by Gasteiger charge is 2.38. The van der Waals surface area contributed by atoms with E-state index in [1.54, 1.807) is 0 Å². The minimum absolute atomic E-state index is 0.112. The van der Waals surface area contributed by atoms with Crippen LogP contribution in [0.1, 0.15) is 0 Å². The van der Waals surface area contributed by atoms with Crippen molar-refractivity contribution < 1.29 is 22.7 Å². The average molecular weight is 305 g/mol. The molecule has 8 heteroatoms. The lowest BCUT2D eigenvalue weighted by Gasteiger charge is -2.31. The van der Waals surface area contributed by atoms with Crippen LogP contribution in [-0.4, -0.2) is 47.9 Å². The molecular formula is C11H12FNO4S2. The summed E-state index contributed by atoms with van der Waals surface area (Å²) < 4.78 is 38.7. The minimum Gasteiger partial charge on any atom is -0.480 e. The molecule has 1 N–H and O–H groups in total. The first-order valence-corrected chi connectivity index (χ1v) is 8.10. The summed E-state index contributed by atoms with van der Waals surface area (Å²) in [7, 11) is -3.98. The van der Waals surface area contributed by atoms with E-state index >= 15 is 0 Å². The third kappa shape index (κ3) is 2.90. The number of nitrogens with zero attached hydrogens (tertiary/aromatic N) is 1. The molecule has 1 heterocycles. The fourth-order valence-corrected chi connectivity index (χ4v) is 4.70. The first-order chi connectivity index (χ1) is 8.93. The molecule has 1 fully saturated rings. The number of aliphatic carboxylic acids is 1. The SMILES string of the molecule is O=C(O)C1CSCCN1S(=O)(=O)c1cccc(F)c1. The van der Waals surface area contributed by atoms with Crippen molar-refractivity contribution in [2.45, 2.75) is 10.9 Å². The summed E-state index contributed by atoms with van der Waals surface area (Å²) in [5.74, 6) is -1.13. The predicted octanol–water partition coefficient (Wildman–Crippen LogP) is 1.02. The highest BCUT2D eigenvalue weighted by Crippen LogP contribution is 2.25. The zero-order valence-electron chi connectivity index (χ0n) is 9.82. The van der Waals surface area contributed by atoms with Crippen LogP contribution in [0.15, 0.2) is 29.2 Å². The Hall–Kier alpha value is -1.12. The van der Waals surface area contributed by atoms with Crippen LogP contribution >= 0.6 is 11.8 Å². The first kappa shape index (κ1) is 14.3. The van der Waals surface area contributed by atoms with E-state index in [2.05, 4.69) is 0 Å². The van der Waals surface area contributed by atoms with Crippen LogP contribution < -0.4 is 0 Å². The number of carboxylic acids is 1. The van der Waals surface area contributed by atoms with Crippen molar-refractivity contribution in [1.82, 2.24) is 4.31 Å². The molecule has 0 saturated carbocycles. The van der Waals surface area contributed by atoms with E-state index in [-0.39, 0.29) is 17.2 Å². The third-order valence-electron chi connectivity index (χ3n) is 2.77. The maximum Gasteiger partial charge on any atom is 0.322 e. The largest absolute Gasteiger partial charge is 0.480 e. The Morgan fingerprint density at radius 2 is 2.21 bits per heavy atom. The van der Waals surface area contributed by atoms with Gasteiger partial charge < -0.3 is 5.11 Å². The van der Waals surface area contributed by atoms with Gasteiger partial charge in [0.15, 0.2) is 0 Å². The van der Waals surface area contributed by atoms with Gasteiger partial charge in [0.25, 0.3) is 0 Å². The molecule has 0 aromatic heterocycles. The number of rotatable bonds is 3. The van der Waals surface area contributed by atoms with Gasteiger partial charge in [-0.25, -0.2) is 12.8 Å². The molecule has 1 unspecified atom stereocenters. The molecule has 0 bridgehead atoms. The van der Waals surface area contributed by atoms with Crippen molar-refractivity contribution in [2.24, 2.45) is 0 Å². The molecule has 19 heavy (non-hydrogen) atoms. The quantitative estimate of drug-likeness (QED) is 0.902. The molecule has 1 aliphatic heterocycles. The van der Waals surface area contributed by atoms with Crippen LogP contribution in [0.4, 0.5) is 4.39 Å². The number of carboxylic acid groups (broad SMARTS) is 1. The monoisotopic (exact) mass is 305 g/mol. The van der Waals surface area contributed by atoms with Crippen LogP contribution in [0.3, 0.4) is 0 Å². The van der Waals surface area contributed by atoms with Crippen molar-refractivity contribution in [1.29, 1.82) is 0 Å². The molecule has 1 atom stereocenters. The second-order valence-electron chi connectivity index (χ2n) is 4.00. The molecule has 5 nitrogen and oxygen atoms in total. The van der Waals surface area contributed by atoms with E-state index < -0.39 is 27.9 Å². The number of hydrogen-bond acceptors (Lipinski definition) is 4. The second kappa shape index (κ2) is 5.48. The van der Waals surface area contributed by atoms with Gasteiger partial charge in [0, 0.05) is 18.1 Å². The van der Waals surface area contributed by atoms with Gasteiger partial charge in [-0.1, -0.05) is 6.07 Å².